The van der Waals surface area contributed by atoms with Gasteiger partial charge in [0.1, 0.15) is 6.61 Å². The summed E-state index contributed by atoms with van der Waals surface area (Å²) in [5.74, 6) is 0.431. The second kappa shape index (κ2) is 12.9. The maximum Gasteiger partial charge on any atom is 0.281 e. The number of nitrogens with one attached hydrogen (secondary N) is 1. The minimum absolute atomic E-state index is 0.368. The fourth-order valence-electron chi connectivity index (χ4n) is 3.84. The van der Waals surface area contributed by atoms with Crippen molar-refractivity contribution in [3.63, 3.8) is 0 Å². The average molecular weight is 638 g/mol. The van der Waals surface area contributed by atoms with E-state index in [-0.39, 0.29) is 0 Å². The molecule has 0 fully saturated rings. The Labute approximate surface area is 238 Å². The van der Waals surface area contributed by atoms with E-state index in [0.29, 0.717) is 45.9 Å². The first-order valence-electron chi connectivity index (χ1n) is 11.9. The summed E-state index contributed by atoms with van der Waals surface area (Å²) in [7, 11) is 0. The number of rotatable bonds is 10. The number of hydrogen-bond acceptors (Lipinski definition) is 5. The van der Waals surface area contributed by atoms with Gasteiger partial charge in [-0.25, -0.2) is 5.43 Å². The third-order valence-electron chi connectivity index (χ3n) is 5.72. The molecule has 0 atom stereocenters. The second-order valence-electron chi connectivity index (χ2n) is 8.32. The SMILES string of the molecule is CCOc1cc(/C=N/NC(=O)C(O)(c2ccccc2)c2ccccc2)cc(Br)c1OCc1ccc(Br)cc1. The van der Waals surface area contributed by atoms with Gasteiger partial charge >= 0.3 is 0 Å². The van der Waals surface area contributed by atoms with Gasteiger partial charge in [0.05, 0.1) is 17.3 Å². The van der Waals surface area contributed by atoms with Gasteiger partial charge in [-0.05, 0) is 69.4 Å². The van der Waals surface area contributed by atoms with Crippen molar-refractivity contribution in [2.24, 2.45) is 5.10 Å². The number of ether oxygens (including phenoxy) is 2. The van der Waals surface area contributed by atoms with E-state index in [4.69, 9.17) is 9.47 Å². The molecule has 38 heavy (non-hydrogen) atoms. The van der Waals surface area contributed by atoms with Crippen molar-refractivity contribution in [1.82, 2.24) is 5.43 Å². The summed E-state index contributed by atoms with van der Waals surface area (Å²) in [6.45, 7) is 2.70. The van der Waals surface area contributed by atoms with Crippen LogP contribution in [0.1, 0.15) is 29.2 Å². The van der Waals surface area contributed by atoms with Crippen LogP contribution in [0.5, 0.6) is 11.5 Å². The van der Waals surface area contributed by atoms with Crippen LogP contribution in [0, 0.1) is 0 Å². The Kier molecular flexibility index (Phi) is 9.33. The van der Waals surface area contributed by atoms with Gasteiger partial charge in [0.25, 0.3) is 5.91 Å². The Bertz CT molecular complexity index is 1360. The van der Waals surface area contributed by atoms with Gasteiger partial charge in [-0.15, -0.1) is 0 Å². The van der Waals surface area contributed by atoms with Crippen molar-refractivity contribution < 1.29 is 19.4 Å². The van der Waals surface area contributed by atoms with Crippen LogP contribution in [0.4, 0.5) is 0 Å². The molecule has 0 aliphatic heterocycles. The van der Waals surface area contributed by atoms with E-state index in [9.17, 15) is 9.90 Å². The molecule has 0 aliphatic rings. The third-order valence-corrected chi connectivity index (χ3v) is 6.84. The molecule has 2 N–H and O–H groups in total. The number of amides is 1. The van der Waals surface area contributed by atoms with E-state index >= 15 is 0 Å². The quantitative estimate of drug-likeness (QED) is 0.152. The van der Waals surface area contributed by atoms with Gasteiger partial charge in [0.2, 0.25) is 0 Å². The number of halogens is 2. The molecule has 4 rings (SSSR count). The number of aliphatic hydroxyl groups is 1. The Hall–Kier alpha value is -3.46. The normalized spacial score (nSPS) is 11.4. The van der Waals surface area contributed by atoms with Crippen LogP contribution in [0.15, 0.2) is 111 Å². The van der Waals surface area contributed by atoms with E-state index in [1.54, 1.807) is 54.6 Å². The summed E-state index contributed by atoms with van der Waals surface area (Å²) in [5, 5.41) is 15.7. The van der Waals surface area contributed by atoms with Gasteiger partial charge in [-0.1, -0.05) is 88.7 Å². The first-order chi connectivity index (χ1) is 18.4. The average Bonchev–Trinajstić information content (AvgIpc) is 2.94. The Morgan fingerprint density at radius 3 is 2.11 bits per heavy atom. The topological polar surface area (TPSA) is 80.2 Å². The second-order valence-corrected chi connectivity index (χ2v) is 10.1. The predicted molar refractivity (Wildman–Crippen MR) is 155 cm³/mol. The Balaban J connectivity index is 1.53. The molecule has 6 nitrogen and oxygen atoms in total. The summed E-state index contributed by atoms with van der Waals surface area (Å²) < 4.78 is 13.5. The van der Waals surface area contributed by atoms with Gasteiger partial charge in [0, 0.05) is 4.47 Å². The highest BCUT2D eigenvalue weighted by molar-refractivity contribution is 9.10. The van der Waals surface area contributed by atoms with Crippen LogP contribution in [0.25, 0.3) is 0 Å². The van der Waals surface area contributed by atoms with Gasteiger partial charge in [-0.3, -0.25) is 4.79 Å². The van der Waals surface area contributed by atoms with E-state index in [1.165, 1.54) is 6.21 Å². The minimum Gasteiger partial charge on any atom is -0.490 e. The number of hydrazone groups is 1. The smallest absolute Gasteiger partial charge is 0.281 e. The Morgan fingerprint density at radius 2 is 1.53 bits per heavy atom. The van der Waals surface area contributed by atoms with Crippen molar-refractivity contribution in [2.75, 3.05) is 6.61 Å². The zero-order chi connectivity index (χ0) is 27.0. The van der Waals surface area contributed by atoms with Crippen molar-refractivity contribution >= 4 is 44.0 Å². The molecule has 0 aliphatic carbocycles. The van der Waals surface area contributed by atoms with Crippen LogP contribution in [-0.2, 0) is 17.0 Å². The van der Waals surface area contributed by atoms with Crippen LogP contribution < -0.4 is 14.9 Å². The molecule has 1 amide bonds. The van der Waals surface area contributed by atoms with E-state index < -0.39 is 11.5 Å². The largest absolute Gasteiger partial charge is 0.490 e. The summed E-state index contributed by atoms with van der Waals surface area (Å²) in [4.78, 5) is 13.3. The van der Waals surface area contributed by atoms with Crippen molar-refractivity contribution in [1.29, 1.82) is 0 Å². The molecular weight excluding hydrogens is 612 g/mol. The van der Waals surface area contributed by atoms with Crippen molar-refractivity contribution in [3.05, 3.63) is 128 Å². The molecule has 0 spiro atoms. The molecule has 0 heterocycles. The Morgan fingerprint density at radius 1 is 0.921 bits per heavy atom. The minimum atomic E-state index is -1.92. The molecule has 0 saturated heterocycles. The van der Waals surface area contributed by atoms with Gasteiger partial charge in [-0.2, -0.15) is 5.10 Å². The molecule has 194 valence electrons. The number of benzene rings is 4. The molecule has 4 aromatic rings. The van der Waals surface area contributed by atoms with Gasteiger partial charge < -0.3 is 14.6 Å². The summed E-state index contributed by atoms with van der Waals surface area (Å²) >= 11 is 7.00. The standard InChI is InChI=1S/C30H26Br2N2O4/c1-2-37-27-18-22(17-26(32)28(27)38-20-21-13-15-25(31)16-14-21)19-33-34-29(35)30(36,23-9-5-3-6-10-23)24-11-7-4-8-12-24/h3-19,36H,2,20H2,1H3,(H,34,35)/b33-19+. The van der Waals surface area contributed by atoms with Crippen LogP contribution in [0.3, 0.4) is 0 Å². The first kappa shape index (κ1) is 27.6. The van der Waals surface area contributed by atoms with E-state index in [0.717, 1.165) is 10.0 Å². The molecular formula is C30H26Br2N2O4. The number of carbonyl (C=O) groups is 1. The molecule has 0 saturated carbocycles. The lowest BCUT2D eigenvalue weighted by molar-refractivity contribution is -0.136. The number of hydrogen-bond donors (Lipinski definition) is 2. The lowest BCUT2D eigenvalue weighted by Crippen LogP contribution is -2.43. The van der Waals surface area contributed by atoms with Crippen LogP contribution in [0.2, 0.25) is 0 Å². The lowest BCUT2D eigenvalue weighted by atomic mass is 9.85. The van der Waals surface area contributed by atoms with Crippen LogP contribution >= 0.6 is 31.9 Å². The zero-order valence-electron chi connectivity index (χ0n) is 20.6. The summed E-state index contributed by atoms with van der Waals surface area (Å²) in [6, 6.07) is 29.0. The summed E-state index contributed by atoms with van der Waals surface area (Å²) in [5.41, 5.74) is 3.14. The molecule has 8 heteroatoms. The molecule has 4 aromatic carbocycles. The van der Waals surface area contributed by atoms with E-state index in [1.807, 2.05) is 49.4 Å². The third kappa shape index (κ3) is 6.51. The lowest BCUT2D eigenvalue weighted by Gasteiger charge is -2.27. The van der Waals surface area contributed by atoms with Crippen molar-refractivity contribution in [3.8, 4) is 11.5 Å². The maximum absolute atomic E-state index is 13.3. The highest BCUT2D eigenvalue weighted by atomic mass is 79.9. The maximum atomic E-state index is 13.3. The fraction of sp³-hybridized carbons (Fsp3) is 0.133. The highest BCUT2D eigenvalue weighted by Gasteiger charge is 2.39. The highest BCUT2D eigenvalue weighted by Crippen LogP contribution is 2.37. The fourth-order valence-corrected chi connectivity index (χ4v) is 4.67. The van der Waals surface area contributed by atoms with Crippen LogP contribution in [-0.4, -0.2) is 23.8 Å². The number of nitrogens with zero attached hydrogens (tertiary/aromatic N) is 1. The summed E-state index contributed by atoms with van der Waals surface area (Å²) in [6.07, 6.45) is 1.49. The molecule has 0 bridgehead atoms. The molecule has 0 unspecified atom stereocenters. The van der Waals surface area contributed by atoms with E-state index in [2.05, 4.69) is 42.4 Å². The monoisotopic (exact) mass is 636 g/mol. The molecule has 0 aromatic heterocycles. The first-order valence-corrected chi connectivity index (χ1v) is 13.5. The molecule has 0 radical (unpaired) electrons. The number of carbonyl (C=O) groups excluding carboxylic acids is 1. The van der Waals surface area contributed by atoms with Crippen molar-refractivity contribution in [2.45, 2.75) is 19.1 Å². The van der Waals surface area contributed by atoms with Gasteiger partial charge in [0.15, 0.2) is 17.1 Å². The predicted octanol–water partition coefficient (Wildman–Crippen LogP) is 6.58. The zero-order valence-corrected chi connectivity index (χ0v) is 23.8.